The Hall–Kier alpha value is -2.37. The first-order chi connectivity index (χ1) is 9.16. The Bertz CT molecular complexity index is 740. The molecule has 1 aromatic carbocycles. The summed E-state index contributed by atoms with van der Waals surface area (Å²) >= 11 is 0. The third-order valence-corrected chi connectivity index (χ3v) is 2.85. The van der Waals surface area contributed by atoms with Gasteiger partial charge in [0.15, 0.2) is 0 Å². The number of hydrogen-bond acceptors (Lipinski definition) is 4. The van der Waals surface area contributed by atoms with Crippen molar-refractivity contribution < 1.29 is 13.3 Å². The van der Waals surface area contributed by atoms with Crippen LogP contribution in [0.4, 0.5) is 8.78 Å². The fourth-order valence-electron chi connectivity index (χ4n) is 1.92. The third kappa shape index (κ3) is 1.95. The lowest BCUT2D eigenvalue weighted by molar-refractivity contribution is 0.136. The molecular formula is C13H9F2N3O. The van der Waals surface area contributed by atoms with Crippen LogP contribution in [0, 0.1) is 6.92 Å². The highest BCUT2D eigenvalue weighted by molar-refractivity contribution is 5.93. The molecule has 0 saturated heterocycles. The smallest absolute Gasteiger partial charge is 0.300 e. The summed E-state index contributed by atoms with van der Waals surface area (Å²) in [7, 11) is 0. The fourth-order valence-corrected chi connectivity index (χ4v) is 1.92. The summed E-state index contributed by atoms with van der Waals surface area (Å²) in [6, 6.07) is 7.34. The van der Waals surface area contributed by atoms with Gasteiger partial charge in [-0.25, -0.2) is 8.78 Å². The van der Waals surface area contributed by atoms with Crippen LogP contribution < -0.4 is 0 Å². The Labute approximate surface area is 107 Å². The van der Waals surface area contributed by atoms with Crippen LogP contribution in [-0.2, 0) is 0 Å². The Morgan fingerprint density at radius 1 is 1.21 bits per heavy atom. The minimum atomic E-state index is -2.75. The molecule has 96 valence electrons. The van der Waals surface area contributed by atoms with Crippen molar-refractivity contribution in [2.45, 2.75) is 13.3 Å². The second-order valence-electron chi connectivity index (χ2n) is 4.09. The molecule has 0 saturated carbocycles. The molecule has 0 N–H and O–H groups in total. The van der Waals surface area contributed by atoms with Crippen LogP contribution in [0.5, 0.6) is 0 Å². The molecule has 0 aliphatic rings. The number of pyridine rings is 1. The maximum Gasteiger partial charge on any atom is 0.300 e. The summed E-state index contributed by atoms with van der Waals surface area (Å²) in [5.74, 6) is -0.557. The van der Waals surface area contributed by atoms with Crippen molar-refractivity contribution in [3.63, 3.8) is 0 Å². The van der Waals surface area contributed by atoms with Crippen LogP contribution in [0.25, 0.3) is 22.4 Å². The lowest BCUT2D eigenvalue weighted by atomic mass is 10.0. The second-order valence-corrected chi connectivity index (χ2v) is 4.09. The van der Waals surface area contributed by atoms with E-state index in [1.807, 2.05) is 25.1 Å². The van der Waals surface area contributed by atoms with Crippen LogP contribution in [0.1, 0.15) is 17.8 Å². The van der Waals surface area contributed by atoms with Crippen LogP contribution in [-0.4, -0.2) is 15.1 Å². The highest BCUT2D eigenvalue weighted by Crippen LogP contribution is 2.29. The van der Waals surface area contributed by atoms with Gasteiger partial charge in [0.1, 0.15) is 0 Å². The number of benzene rings is 1. The zero-order valence-electron chi connectivity index (χ0n) is 9.97. The van der Waals surface area contributed by atoms with E-state index in [0.717, 1.165) is 10.9 Å². The van der Waals surface area contributed by atoms with Crippen molar-refractivity contribution >= 4 is 10.9 Å². The van der Waals surface area contributed by atoms with E-state index in [-0.39, 0.29) is 5.89 Å². The molecular weight excluding hydrogens is 252 g/mol. The third-order valence-electron chi connectivity index (χ3n) is 2.85. The maximum atomic E-state index is 12.5. The Kier molecular flexibility index (Phi) is 2.70. The lowest BCUT2D eigenvalue weighted by Gasteiger charge is -2.04. The van der Waals surface area contributed by atoms with Gasteiger partial charge in [0.2, 0.25) is 5.82 Å². The molecule has 3 aromatic rings. The predicted octanol–water partition coefficient (Wildman–Crippen LogP) is 3.53. The predicted molar refractivity (Wildman–Crippen MR) is 64.7 cm³/mol. The number of hydrogen-bond donors (Lipinski definition) is 0. The molecule has 2 aromatic heterocycles. The summed E-state index contributed by atoms with van der Waals surface area (Å²) in [5, 5.41) is 4.19. The summed E-state index contributed by atoms with van der Waals surface area (Å²) in [5.41, 5.74) is 2.26. The fraction of sp³-hybridized carbons (Fsp3) is 0.154. The molecule has 19 heavy (non-hydrogen) atoms. The lowest BCUT2D eigenvalue weighted by Crippen LogP contribution is -1.89. The first-order valence-electron chi connectivity index (χ1n) is 5.63. The van der Waals surface area contributed by atoms with Gasteiger partial charge in [0.25, 0.3) is 5.89 Å². The topological polar surface area (TPSA) is 51.8 Å². The minimum absolute atomic E-state index is 0.0546. The van der Waals surface area contributed by atoms with Gasteiger partial charge in [0, 0.05) is 11.6 Å². The highest BCUT2D eigenvalue weighted by atomic mass is 19.3. The van der Waals surface area contributed by atoms with Crippen molar-refractivity contribution in [3.05, 3.63) is 41.9 Å². The normalized spacial score (nSPS) is 11.4. The highest BCUT2D eigenvalue weighted by Gasteiger charge is 2.18. The van der Waals surface area contributed by atoms with E-state index in [0.29, 0.717) is 11.1 Å². The van der Waals surface area contributed by atoms with Gasteiger partial charge in [-0.3, -0.25) is 4.98 Å². The summed E-state index contributed by atoms with van der Waals surface area (Å²) < 4.78 is 29.8. The molecule has 0 aliphatic heterocycles. The number of aromatic nitrogens is 3. The van der Waals surface area contributed by atoms with E-state index in [4.69, 9.17) is 4.52 Å². The van der Waals surface area contributed by atoms with Crippen molar-refractivity contribution in [1.82, 2.24) is 15.1 Å². The molecule has 6 heteroatoms. The Morgan fingerprint density at radius 3 is 2.79 bits per heavy atom. The van der Waals surface area contributed by atoms with E-state index in [1.54, 1.807) is 12.3 Å². The van der Waals surface area contributed by atoms with Gasteiger partial charge in [-0.15, -0.1) is 0 Å². The second kappa shape index (κ2) is 4.38. The molecule has 2 heterocycles. The van der Waals surface area contributed by atoms with E-state index in [1.165, 1.54) is 0 Å². The first kappa shape index (κ1) is 11.7. The van der Waals surface area contributed by atoms with Crippen molar-refractivity contribution in [2.75, 3.05) is 0 Å². The number of nitrogens with zero attached hydrogens (tertiary/aromatic N) is 3. The zero-order valence-corrected chi connectivity index (χ0v) is 9.97. The van der Waals surface area contributed by atoms with Crippen molar-refractivity contribution in [2.24, 2.45) is 0 Å². The number of alkyl halides is 2. The van der Waals surface area contributed by atoms with Gasteiger partial charge in [-0.05, 0) is 24.6 Å². The van der Waals surface area contributed by atoms with Gasteiger partial charge >= 0.3 is 6.43 Å². The molecule has 0 spiro atoms. The van der Waals surface area contributed by atoms with E-state index in [2.05, 4.69) is 15.1 Å². The maximum absolute atomic E-state index is 12.5. The van der Waals surface area contributed by atoms with Gasteiger partial charge in [-0.2, -0.15) is 4.98 Å². The molecule has 0 bridgehead atoms. The van der Waals surface area contributed by atoms with E-state index < -0.39 is 12.2 Å². The average molecular weight is 261 g/mol. The summed E-state index contributed by atoms with van der Waals surface area (Å²) in [4.78, 5) is 7.95. The number of fused-ring (bicyclic) bond motifs is 1. The quantitative estimate of drug-likeness (QED) is 0.708. The molecule has 0 radical (unpaired) electrons. The summed E-state index contributed by atoms with van der Waals surface area (Å²) in [6.07, 6.45) is -1.11. The number of rotatable bonds is 2. The van der Waals surface area contributed by atoms with Gasteiger partial charge in [0.05, 0.1) is 11.1 Å². The van der Waals surface area contributed by atoms with Crippen LogP contribution >= 0.6 is 0 Å². The van der Waals surface area contributed by atoms with Gasteiger partial charge in [-0.1, -0.05) is 17.3 Å². The largest absolute Gasteiger partial charge is 0.334 e. The van der Waals surface area contributed by atoms with E-state index in [9.17, 15) is 8.78 Å². The van der Waals surface area contributed by atoms with E-state index >= 15 is 0 Å². The Balaban J connectivity index is 2.22. The number of aryl methyl sites for hydroxylation is 1. The molecule has 0 amide bonds. The standard InChI is InChI=1S/C13H9F2N3O/c1-7-4-5-9(10-8(7)3-2-6-16-10)13-17-12(11(14)15)18-19-13/h2-6,11H,1H3. The first-order valence-corrected chi connectivity index (χ1v) is 5.63. The molecule has 0 fully saturated rings. The molecule has 0 aliphatic carbocycles. The average Bonchev–Trinajstić information content (AvgIpc) is 2.89. The minimum Gasteiger partial charge on any atom is -0.334 e. The molecule has 0 unspecified atom stereocenters. The van der Waals surface area contributed by atoms with Gasteiger partial charge < -0.3 is 4.52 Å². The Morgan fingerprint density at radius 2 is 2.05 bits per heavy atom. The SMILES string of the molecule is Cc1ccc(-c2nc(C(F)F)no2)c2ncccc12. The summed E-state index contributed by atoms with van der Waals surface area (Å²) in [6.45, 7) is 1.95. The number of halogens is 2. The zero-order chi connectivity index (χ0) is 13.4. The van der Waals surface area contributed by atoms with Crippen LogP contribution in [0.15, 0.2) is 35.0 Å². The monoisotopic (exact) mass is 261 g/mol. The molecule has 0 atom stereocenters. The molecule has 3 rings (SSSR count). The molecule has 4 nitrogen and oxygen atoms in total. The van der Waals surface area contributed by atoms with Crippen molar-refractivity contribution in [1.29, 1.82) is 0 Å². The van der Waals surface area contributed by atoms with Crippen molar-refractivity contribution in [3.8, 4) is 11.5 Å². The van der Waals surface area contributed by atoms with Crippen LogP contribution in [0.2, 0.25) is 0 Å². The van der Waals surface area contributed by atoms with Crippen LogP contribution in [0.3, 0.4) is 0 Å².